The van der Waals surface area contributed by atoms with Crippen molar-refractivity contribution in [1.82, 2.24) is 4.90 Å². The topological polar surface area (TPSA) is 3.24 Å². The summed E-state index contributed by atoms with van der Waals surface area (Å²) in [5.74, 6) is 4.06. The van der Waals surface area contributed by atoms with Gasteiger partial charge in [0.25, 0.3) is 0 Å². The van der Waals surface area contributed by atoms with Crippen molar-refractivity contribution in [3.63, 3.8) is 0 Å². The maximum absolute atomic E-state index is 2.68. The monoisotopic (exact) mass is 195 g/mol. The summed E-state index contributed by atoms with van der Waals surface area (Å²) in [6, 6.07) is 0. The maximum atomic E-state index is 2.68. The number of likely N-dealkylation sites (tertiary alicyclic amines) is 1. The zero-order valence-electron chi connectivity index (χ0n) is 10.4. The van der Waals surface area contributed by atoms with Crippen molar-refractivity contribution in [2.24, 2.45) is 23.7 Å². The van der Waals surface area contributed by atoms with E-state index >= 15 is 0 Å². The van der Waals surface area contributed by atoms with Crippen molar-refractivity contribution < 1.29 is 0 Å². The third-order valence-corrected chi connectivity index (χ3v) is 4.28. The Morgan fingerprint density at radius 3 is 2.29 bits per heavy atom. The minimum atomic E-state index is 0.384. The van der Waals surface area contributed by atoms with Gasteiger partial charge in [-0.3, -0.25) is 4.90 Å². The molecule has 1 aliphatic heterocycles. The summed E-state index contributed by atoms with van der Waals surface area (Å²) in [4.78, 5) is 2.68. The standard InChI is InChI=1S/C13H25N/c1-9(2)12-10-6-7-14(8-11(10)12)13(3,4)5/h9-12H,6-8H2,1-5H3/t10-,11+,12+/m1/s1. The molecule has 2 rings (SSSR count). The number of hydrogen-bond acceptors (Lipinski definition) is 1. The Bertz CT molecular complexity index is 214. The second kappa shape index (κ2) is 3.23. The Morgan fingerprint density at radius 1 is 1.14 bits per heavy atom. The van der Waals surface area contributed by atoms with Crippen LogP contribution in [-0.2, 0) is 0 Å². The summed E-state index contributed by atoms with van der Waals surface area (Å²) in [6.07, 6.45) is 1.45. The molecule has 1 heterocycles. The molecule has 1 nitrogen and oxygen atoms in total. The van der Waals surface area contributed by atoms with E-state index < -0.39 is 0 Å². The molecule has 0 radical (unpaired) electrons. The van der Waals surface area contributed by atoms with Gasteiger partial charge in [0.05, 0.1) is 0 Å². The van der Waals surface area contributed by atoms with Crippen molar-refractivity contribution in [2.75, 3.05) is 13.1 Å². The predicted octanol–water partition coefficient (Wildman–Crippen LogP) is 3.01. The van der Waals surface area contributed by atoms with Crippen LogP contribution in [0.25, 0.3) is 0 Å². The van der Waals surface area contributed by atoms with Crippen molar-refractivity contribution >= 4 is 0 Å². The molecular weight excluding hydrogens is 170 g/mol. The Balaban J connectivity index is 1.94. The minimum Gasteiger partial charge on any atom is -0.298 e. The van der Waals surface area contributed by atoms with Gasteiger partial charge < -0.3 is 0 Å². The molecular formula is C13H25N. The van der Waals surface area contributed by atoms with E-state index in [0.29, 0.717) is 5.54 Å². The van der Waals surface area contributed by atoms with Gasteiger partial charge in [0.1, 0.15) is 0 Å². The average molecular weight is 195 g/mol. The van der Waals surface area contributed by atoms with Crippen molar-refractivity contribution in [3.05, 3.63) is 0 Å². The summed E-state index contributed by atoms with van der Waals surface area (Å²) < 4.78 is 0. The molecule has 0 N–H and O–H groups in total. The van der Waals surface area contributed by atoms with Gasteiger partial charge >= 0.3 is 0 Å². The first-order chi connectivity index (χ1) is 6.41. The van der Waals surface area contributed by atoms with Gasteiger partial charge in [-0.2, -0.15) is 0 Å². The molecule has 1 aliphatic carbocycles. The van der Waals surface area contributed by atoms with Crippen LogP contribution in [0.5, 0.6) is 0 Å². The van der Waals surface area contributed by atoms with Gasteiger partial charge in [-0.1, -0.05) is 13.8 Å². The number of hydrogen-bond donors (Lipinski definition) is 0. The molecule has 14 heavy (non-hydrogen) atoms. The molecule has 0 amide bonds. The van der Waals surface area contributed by atoms with Gasteiger partial charge in [-0.25, -0.2) is 0 Å². The highest BCUT2D eigenvalue weighted by Crippen LogP contribution is 2.55. The Labute approximate surface area is 88.9 Å². The van der Waals surface area contributed by atoms with E-state index in [2.05, 4.69) is 39.5 Å². The third kappa shape index (κ3) is 1.71. The van der Waals surface area contributed by atoms with Gasteiger partial charge in [0.2, 0.25) is 0 Å². The highest BCUT2D eigenvalue weighted by atomic mass is 15.2. The third-order valence-electron chi connectivity index (χ3n) is 4.28. The van der Waals surface area contributed by atoms with Crippen LogP contribution in [0, 0.1) is 23.7 Å². The fourth-order valence-corrected chi connectivity index (χ4v) is 3.39. The molecule has 0 unspecified atom stereocenters. The van der Waals surface area contributed by atoms with Gasteiger partial charge in [0.15, 0.2) is 0 Å². The van der Waals surface area contributed by atoms with Crippen LogP contribution in [0.4, 0.5) is 0 Å². The molecule has 1 saturated carbocycles. The summed E-state index contributed by atoms with van der Waals surface area (Å²) >= 11 is 0. The van der Waals surface area contributed by atoms with Crippen LogP contribution in [0.3, 0.4) is 0 Å². The molecule has 1 heteroatoms. The van der Waals surface area contributed by atoms with E-state index in [0.717, 1.165) is 23.7 Å². The fraction of sp³-hybridized carbons (Fsp3) is 1.00. The lowest BCUT2D eigenvalue weighted by Crippen LogP contribution is -2.45. The van der Waals surface area contributed by atoms with Crippen LogP contribution in [0.2, 0.25) is 0 Å². The second-order valence-corrected chi connectivity index (χ2v) is 6.55. The van der Waals surface area contributed by atoms with Crippen molar-refractivity contribution in [1.29, 1.82) is 0 Å². The molecule has 0 aromatic rings. The summed E-state index contributed by atoms with van der Waals surface area (Å²) in [5.41, 5.74) is 0.384. The summed E-state index contributed by atoms with van der Waals surface area (Å²) in [5, 5.41) is 0. The smallest absolute Gasteiger partial charge is 0.0125 e. The average Bonchev–Trinajstić information content (AvgIpc) is 2.74. The summed E-state index contributed by atoms with van der Waals surface area (Å²) in [6.45, 7) is 14.5. The van der Waals surface area contributed by atoms with Crippen LogP contribution in [0.1, 0.15) is 41.0 Å². The van der Waals surface area contributed by atoms with E-state index in [-0.39, 0.29) is 0 Å². The lowest BCUT2D eigenvalue weighted by atomic mass is 10.0. The van der Waals surface area contributed by atoms with Crippen LogP contribution < -0.4 is 0 Å². The van der Waals surface area contributed by atoms with Gasteiger partial charge in [0, 0.05) is 12.1 Å². The lowest BCUT2D eigenvalue weighted by molar-refractivity contribution is 0.104. The van der Waals surface area contributed by atoms with Crippen LogP contribution >= 0.6 is 0 Å². The number of nitrogens with zero attached hydrogens (tertiary/aromatic N) is 1. The zero-order chi connectivity index (χ0) is 10.5. The van der Waals surface area contributed by atoms with Gasteiger partial charge in [-0.15, -0.1) is 0 Å². The first kappa shape index (κ1) is 10.5. The predicted molar refractivity (Wildman–Crippen MR) is 61.3 cm³/mol. The molecule has 0 spiro atoms. The minimum absolute atomic E-state index is 0.384. The van der Waals surface area contributed by atoms with Crippen LogP contribution in [-0.4, -0.2) is 23.5 Å². The van der Waals surface area contributed by atoms with E-state index in [9.17, 15) is 0 Å². The van der Waals surface area contributed by atoms with Crippen molar-refractivity contribution in [3.8, 4) is 0 Å². The normalized spacial score (nSPS) is 38.6. The highest BCUT2D eigenvalue weighted by Gasteiger charge is 2.54. The first-order valence-corrected chi connectivity index (χ1v) is 6.16. The maximum Gasteiger partial charge on any atom is 0.0125 e. The number of fused-ring (bicyclic) bond motifs is 1. The fourth-order valence-electron chi connectivity index (χ4n) is 3.39. The quantitative estimate of drug-likeness (QED) is 0.621. The van der Waals surface area contributed by atoms with Gasteiger partial charge in [-0.05, 0) is 57.4 Å². The SMILES string of the molecule is CC(C)[C@H]1[C@@H]2CCN(C(C)(C)C)C[C@@H]21. The summed E-state index contributed by atoms with van der Waals surface area (Å²) in [7, 11) is 0. The lowest BCUT2D eigenvalue weighted by Gasteiger charge is -2.38. The highest BCUT2D eigenvalue weighted by molar-refractivity contribution is 5.04. The van der Waals surface area contributed by atoms with Crippen molar-refractivity contribution in [2.45, 2.75) is 46.6 Å². The molecule has 0 bridgehead atoms. The molecule has 2 aliphatic rings. The van der Waals surface area contributed by atoms with E-state index in [1.54, 1.807) is 0 Å². The zero-order valence-corrected chi connectivity index (χ0v) is 10.4. The molecule has 2 fully saturated rings. The molecule has 82 valence electrons. The molecule has 3 atom stereocenters. The second-order valence-electron chi connectivity index (χ2n) is 6.55. The van der Waals surface area contributed by atoms with E-state index in [1.165, 1.54) is 19.5 Å². The number of rotatable bonds is 1. The molecule has 0 aromatic carbocycles. The molecule has 1 saturated heterocycles. The van der Waals surface area contributed by atoms with Crippen LogP contribution in [0.15, 0.2) is 0 Å². The Kier molecular flexibility index (Phi) is 2.42. The van der Waals surface area contributed by atoms with E-state index in [1.807, 2.05) is 0 Å². The van der Waals surface area contributed by atoms with E-state index in [4.69, 9.17) is 0 Å². The largest absolute Gasteiger partial charge is 0.298 e. The Morgan fingerprint density at radius 2 is 1.79 bits per heavy atom. The number of piperidine rings is 1. The Hall–Kier alpha value is -0.0400. The molecule has 0 aromatic heterocycles. The first-order valence-electron chi connectivity index (χ1n) is 6.16.